The summed E-state index contributed by atoms with van der Waals surface area (Å²) < 4.78 is 0. The van der Waals surface area contributed by atoms with Gasteiger partial charge in [-0.3, -0.25) is 9.89 Å². The third-order valence-electron chi connectivity index (χ3n) is 3.87. The lowest BCUT2D eigenvalue weighted by Crippen LogP contribution is -2.02. The van der Waals surface area contributed by atoms with Crippen LogP contribution in [0.15, 0.2) is 29.4 Å². The zero-order valence-electron chi connectivity index (χ0n) is 12.8. The molecule has 1 aromatic carbocycles. The van der Waals surface area contributed by atoms with E-state index in [4.69, 9.17) is 0 Å². The van der Waals surface area contributed by atoms with Crippen LogP contribution in [0.25, 0.3) is 0 Å². The lowest BCUT2D eigenvalue weighted by molar-refractivity contribution is 0.102. The fraction of sp³-hybridized carbons (Fsp3) is 0.471. The molecule has 0 unspecified atom stereocenters. The molecule has 0 atom stereocenters. The van der Waals surface area contributed by atoms with E-state index in [0.717, 1.165) is 17.8 Å². The fourth-order valence-corrected chi connectivity index (χ4v) is 3.01. The van der Waals surface area contributed by atoms with E-state index in [0.29, 0.717) is 16.8 Å². The van der Waals surface area contributed by atoms with Gasteiger partial charge in [0.15, 0.2) is 5.78 Å². The number of aromatic amines is 1. The first kappa shape index (κ1) is 15.3. The summed E-state index contributed by atoms with van der Waals surface area (Å²) in [5.74, 6) is 2.05. The van der Waals surface area contributed by atoms with Crippen molar-refractivity contribution in [2.75, 3.05) is 5.75 Å². The van der Waals surface area contributed by atoms with Crippen molar-refractivity contribution in [1.29, 1.82) is 0 Å². The molecule has 0 radical (unpaired) electrons. The van der Waals surface area contributed by atoms with Gasteiger partial charge in [-0.2, -0.15) is 0 Å². The first-order chi connectivity index (χ1) is 10.8. The van der Waals surface area contributed by atoms with Gasteiger partial charge in [0.05, 0.1) is 5.75 Å². The van der Waals surface area contributed by atoms with Crippen molar-refractivity contribution in [3.63, 3.8) is 0 Å². The quantitative estimate of drug-likeness (QED) is 0.591. The number of carbonyl (C=O) groups excluding carboxylic acids is 1. The topological polar surface area (TPSA) is 58.6 Å². The Labute approximate surface area is 135 Å². The lowest BCUT2D eigenvalue weighted by Gasteiger charge is -2.02. The number of rotatable bonds is 8. The molecular weight excluding hydrogens is 294 g/mol. The molecule has 1 aromatic heterocycles. The van der Waals surface area contributed by atoms with Gasteiger partial charge in [0.25, 0.3) is 0 Å². The largest absolute Gasteiger partial charge is 0.293 e. The Balaban J connectivity index is 1.52. The molecule has 1 aliphatic rings. The van der Waals surface area contributed by atoms with Gasteiger partial charge in [0, 0.05) is 11.5 Å². The second kappa shape index (κ2) is 7.09. The van der Waals surface area contributed by atoms with Crippen LogP contribution in [0.2, 0.25) is 0 Å². The van der Waals surface area contributed by atoms with Crippen molar-refractivity contribution < 1.29 is 4.79 Å². The predicted octanol–water partition coefficient (Wildman–Crippen LogP) is 4.00. The highest BCUT2D eigenvalue weighted by Crippen LogP contribution is 2.38. The standard InChI is InChI=1S/C17H21N3OS/c1-2-3-4-12-5-7-13(8-6-12)15(21)11-22-17-18-16(19-20-17)14-9-10-14/h5-8,14H,2-4,9-11H2,1H3,(H,18,19,20). The van der Waals surface area contributed by atoms with Crippen molar-refractivity contribution in [2.45, 2.75) is 50.1 Å². The van der Waals surface area contributed by atoms with Crippen molar-refractivity contribution in [2.24, 2.45) is 0 Å². The number of thioether (sulfide) groups is 1. The number of nitrogens with one attached hydrogen (secondary N) is 1. The molecule has 4 nitrogen and oxygen atoms in total. The fourth-order valence-electron chi connectivity index (χ4n) is 2.31. The molecule has 0 saturated heterocycles. The van der Waals surface area contributed by atoms with E-state index in [-0.39, 0.29) is 5.78 Å². The SMILES string of the molecule is CCCCc1ccc(C(=O)CSc2n[nH]c(C3CC3)n2)cc1. The summed E-state index contributed by atoms with van der Waals surface area (Å²) in [5.41, 5.74) is 2.07. The molecule has 116 valence electrons. The third kappa shape index (κ3) is 3.97. The molecule has 1 aliphatic carbocycles. The Hall–Kier alpha value is -1.62. The highest BCUT2D eigenvalue weighted by Gasteiger charge is 2.27. The van der Waals surface area contributed by atoms with Gasteiger partial charge in [-0.1, -0.05) is 49.4 Å². The van der Waals surface area contributed by atoms with Gasteiger partial charge in [-0.15, -0.1) is 5.10 Å². The minimum atomic E-state index is 0.129. The maximum atomic E-state index is 12.2. The van der Waals surface area contributed by atoms with Gasteiger partial charge in [0.2, 0.25) is 5.16 Å². The van der Waals surface area contributed by atoms with E-state index in [9.17, 15) is 4.79 Å². The summed E-state index contributed by atoms with van der Waals surface area (Å²) in [5, 5.41) is 7.81. The van der Waals surface area contributed by atoms with Crippen LogP contribution in [0.1, 0.15) is 60.3 Å². The van der Waals surface area contributed by atoms with E-state index < -0.39 is 0 Å². The number of ketones is 1. The van der Waals surface area contributed by atoms with Gasteiger partial charge in [0.1, 0.15) is 5.82 Å². The van der Waals surface area contributed by atoms with Crippen LogP contribution in [0.3, 0.4) is 0 Å². The Bertz CT molecular complexity index is 632. The first-order valence-corrected chi connectivity index (χ1v) is 8.92. The first-order valence-electron chi connectivity index (χ1n) is 7.93. The van der Waals surface area contributed by atoms with Crippen molar-refractivity contribution in [3.8, 4) is 0 Å². The van der Waals surface area contributed by atoms with Crippen molar-refractivity contribution in [3.05, 3.63) is 41.2 Å². The van der Waals surface area contributed by atoms with Crippen molar-refractivity contribution >= 4 is 17.5 Å². The minimum Gasteiger partial charge on any atom is -0.293 e. The molecule has 3 rings (SSSR count). The lowest BCUT2D eigenvalue weighted by atomic mass is 10.1. The zero-order valence-corrected chi connectivity index (χ0v) is 13.7. The predicted molar refractivity (Wildman–Crippen MR) is 88.5 cm³/mol. The van der Waals surface area contributed by atoms with Crippen LogP contribution in [0, 0.1) is 0 Å². The number of hydrogen-bond acceptors (Lipinski definition) is 4. The van der Waals surface area contributed by atoms with E-state index in [1.807, 2.05) is 12.1 Å². The smallest absolute Gasteiger partial charge is 0.208 e. The molecule has 0 amide bonds. The monoisotopic (exact) mass is 315 g/mol. The molecule has 1 N–H and O–H groups in total. The average molecular weight is 315 g/mol. The highest BCUT2D eigenvalue weighted by molar-refractivity contribution is 7.99. The highest BCUT2D eigenvalue weighted by atomic mass is 32.2. The number of carbonyl (C=O) groups is 1. The maximum absolute atomic E-state index is 12.2. The summed E-state index contributed by atoms with van der Waals surface area (Å²) in [6.45, 7) is 2.19. The number of nitrogens with zero attached hydrogens (tertiary/aromatic N) is 2. The number of H-pyrrole nitrogens is 1. The van der Waals surface area contributed by atoms with E-state index in [1.54, 1.807) is 0 Å². The third-order valence-corrected chi connectivity index (χ3v) is 4.72. The molecule has 22 heavy (non-hydrogen) atoms. The van der Waals surface area contributed by atoms with Crippen LogP contribution in [0.4, 0.5) is 0 Å². The van der Waals surface area contributed by atoms with E-state index in [2.05, 4.69) is 34.2 Å². The minimum absolute atomic E-state index is 0.129. The van der Waals surface area contributed by atoms with Gasteiger partial charge in [-0.05, 0) is 31.2 Å². The molecule has 5 heteroatoms. The Morgan fingerprint density at radius 3 is 2.77 bits per heavy atom. The van der Waals surface area contributed by atoms with Crippen LogP contribution in [0.5, 0.6) is 0 Å². The van der Waals surface area contributed by atoms with E-state index >= 15 is 0 Å². The molecule has 1 saturated carbocycles. The van der Waals surface area contributed by atoms with Crippen molar-refractivity contribution in [1.82, 2.24) is 15.2 Å². The molecular formula is C17H21N3OS. The Kier molecular flexibility index (Phi) is 4.93. The summed E-state index contributed by atoms with van der Waals surface area (Å²) in [6.07, 6.45) is 5.86. The molecule has 2 aromatic rings. The van der Waals surface area contributed by atoms with Crippen LogP contribution >= 0.6 is 11.8 Å². The molecule has 0 bridgehead atoms. The zero-order chi connectivity index (χ0) is 15.4. The number of unbranched alkanes of at least 4 members (excludes halogenated alkanes) is 1. The summed E-state index contributed by atoms with van der Waals surface area (Å²) in [7, 11) is 0. The summed E-state index contributed by atoms with van der Waals surface area (Å²) >= 11 is 1.40. The molecule has 0 aliphatic heterocycles. The molecule has 0 spiro atoms. The summed E-state index contributed by atoms with van der Waals surface area (Å²) in [6, 6.07) is 7.99. The Morgan fingerprint density at radius 2 is 2.09 bits per heavy atom. The van der Waals surface area contributed by atoms with E-state index in [1.165, 1.54) is 43.0 Å². The summed E-state index contributed by atoms with van der Waals surface area (Å²) in [4.78, 5) is 16.6. The number of aryl methyl sites for hydroxylation is 1. The average Bonchev–Trinajstić information content (AvgIpc) is 3.30. The van der Waals surface area contributed by atoms with Crippen LogP contribution in [-0.4, -0.2) is 26.7 Å². The number of hydrogen-bond donors (Lipinski definition) is 1. The number of aromatic nitrogens is 3. The normalized spacial score (nSPS) is 14.2. The van der Waals surface area contributed by atoms with Gasteiger partial charge in [-0.25, -0.2) is 4.98 Å². The van der Waals surface area contributed by atoms with Gasteiger partial charge >= 0.3 is 0 Å². The van der Waals surface area contributed by atoms with Crippen LogP contribution < -0.4 is 0 Å². The molecule has 1 fully saturated rings. The number of Topliss-reactive ketones (excluding diaryl/α,β-unsaturated/α-hetero) is 1. The maximum Gasteiger partial charge on any atom is 0.208 e. The Morgan fingerprint density at radius 1 is 1.32 bits per heavy atom. The second-order valence-electron chi connectivity index (χ2n) is 5.79. The molecule has 1 heterocycles. The van der Waals surface area contributed by atoms with Gasteiger partial charge < -0.3 is 0 Å². The second-order valence-corrected chi connectivity index (χ2v) is 6.73. The van der Waals surface area contributed by atoms with Crippen LogP contribution in [-0.2, 0) is 6.42 Å². The number of benzene rings is 1.